The molecule has 0 aromatic heterocycles. The third-order valence-corrected chi connectivity index (χ3v) is 13.0. The van der Waals surface area contributed by atoms with Crippen molar-refractivity contribution in [3.8, 4) is 5.75 Å². The second-order valence-corrected chi connectivity index (χ2v) is 19.4. The number of unbranched alkanes of at least 4 members (excludes halogenated alkanes) is 1. The number of nitrogens with two attached hydrogens (primary N) is 3. The first kappa shape index (κ1) is 59.4. The smallest absolute Gasteiger partial charge is 0.305 e. The molecule has 0 radical (unpaired) electrons. The molecular formula is C49H79N17O9. The molecule has 2 aromatic carbocycles. The minimum Gasteiger partial charge on any atom is -0.508 e. The maximum absolute atomic E-state index is 14.2. The van der Waals surface area contributed by atoms with E-state index in [1.807, 2.05) is 12.1 Å². The van der Waals surface area contributed by atoms with Crippen LogP contribution in [0.2, 0.25) is 0 Å². The van der Waals surface area contributed by atoms with Crippen molar-refractivity contribution in [1.29, 1.82) is 0 Å². The van der Waals surface area contributed by atoms with Crippen molar-refractivity contribution in [3.63, 3.8) is 0 Å². The number of fused-ring (bicyclic) bond motifs is 15. The van der Waals surface area contributed by atoms with Crippen LogP contribution in [-0.4, -0.2) is 191 Å². The van der Waals surface area contributed by atoms with Crippen LogP contribution in [0.5, 0.6) is 5.75 Å². The SMILES string of the molecule is NC(N)=NCCC[C@H]1NC(=O)CNC(=O)[C@@H](CC(=O)O)NC(=O)[C@H](Cc2ccc(O)cc2)NC(=O)[C@@H](CCCCNC(=O)c2ccc(CNC34CNCCNCC(N)(CNCCNC3)CNCCNC4)cc2)NC1=O. The van der Waals surface area contributed by atoms with Crippen LogP contribution >= 0.6 is 0 Å². The molecule has 414 valence electrons. The molecule has 4 aliphatic rings. The molecule has 4 heterocycles. The van der Waals surface area contributed by atoms with E-state index in [9.17, 15) is 43.8 Å². The third-order valence-electron chi connectivity index (χ3n) is 13.0. The van der Waals surface area contributed by atoms with Gasteiger partial charge in [-0.15, -0.1) is 0 Å². The lowest BCUT2D eigenvalue weighted by Gasteiger charge is -2.37. The lowest BCUT2D eigenvalue weighted by Crippen LogP contribution is -2.66. The van der Waals surface area contributed by atoms with E-state index in [-0.39, 0.29) is 61.9 Å². The molecule has 4 aliphatic heterocycles. The predicted molar refractivity (Wildman–Crippen MR) is 281 cm³/mol. The second kappa shape index (κ2) is 30.8. The summed E-state index contributed by atoms with van der Waals surface area (Å²) in [7, 11) is 0. The number of benzene rings is 2. The summed E-state index contributed by atoms with van der Waals surface area (Å²) in [5.74, 6) is -6.21. The van der Waals surface area contributed by atoms with Crippen molar-refractivity contribution >= 4 is 47.4 Å². The predicted octanol–water partition coefficient (Wildman–Crippen LogP) is -5.78. The molecule has 4 saturated heterocycles. The van der Waals surface area contributed by atoms with Gasteiger partial charge in [0.25, 0.3) is 5.91 Å². The van der Waals surface area contributed by atoms with E-state index in [1.165, 1.54) is 24.3 Å². The average Bonchev–Trinajstić information content (AvgIpc) is 3.38. The van der Waals surface area contributed by atoms with Gasteiger partial charge in [0.1, 0.15) is 29.9 Å². The van der Waals surface area contributed by atoms with Gasteiger partial charge >= 0.3 is 5.97 Å². The molecule has 6 amide bonds. The van der Waals surface area contributed by atoms with Gasteiger partial charge in [0.05, 0.1) is 24.0 Å². The van der Waals surface area contributed by atoms with Crippen LogP contribution in [0.15, 0.2) is 53.5 Å². The minimum absolute atomic E-state index is 0.0174. The van der Waals surface area contributed by atoms with E-state index in [1.54, 1.807) is 12.1 Å². The minimum atomic E-state index is -1.65. The van der Waals surface area contributed by atoms with Gasteiger partial charge in [-0.3, -0.25) is 38.6 Å². The molecule has 2 bridgehead atoms. The van der Waals surface area contributed by atoms with Crippen molar-refractivity contribution in [1.82, 2.24) is 69.1 Å². The number of phenols is 1. The number of carboxylic acid groups (broad SMARTS) is 1. The topological polar surface area (TPSA) is 407 Å². The van der Waals surface area contributed by atoms with Gasteiger partial charge in [-0.25, -0.2) is 0 Å². The lowest BCUT2D eigenvalue weighted by atomic mass is 9.97. The normalized spacial score (nSPS) is 25.3. The number of carboxylic acids is 1. The number of carbonyl (C=O) groups excluding carboxylic acids is 6. The second-order valence-electron chi connectivity index (χ2n) is 19.4. The fourth-order valence-corrected chi connectivity index (χ4v) is 8.78. The first-order chi connectivity index (χ1) is 36.0. The van der Waals surface area contributed by atoms with Crippen molar-refractivity contribution < 1.29 is 43.8 Å². The highest BCUT2D eigenvalue weighted by Crippen LogP contribution is 2.14. The highest BCUT2D eigenvalue weighted by atomic mass is 16.4. The van der Waals surface area contributed by atoms with E-state index in [2.05, 4.69) is 74.1 Å². The fraction of sp³-hybridized carbons (Fsp3) is 0.592. The zero-order chi connectivity index (χ0) is 54.1. The van der Waals surface area contributed by atoms with E-state index in [0.717, 1.165) is 44.8 Å². The first-order valence-corrected chi connectivity index (χ1v) is 25.7. The quantitative estimate of drug-likeness (QED) is 0.0399. The number of nitrogens with zero attached hydrogens (tertiary/aromatic N) is 1. The lowest BCUT2D eigenvalue weighted by molar-refractivity contribution is -0.141. The maximum Gasteiger partial charge on any atom is 0.305 e. The molecule has 0 aliphatic carbocycles. The van der Waals surface area contributed by atoms with Crippen molar-refractivity contribution in [2.75, 3.05) is 98.2 Å². The molecule has 75 heavy (non-hydrogen) atoms. The number of carbonyl (C=O) groups is 7. The number of rotatable bonds is 17. The van der Waals surface area contributed by atoms with E-state index >= 15 is 0 Å². The van der Waals surface area contributed by atoms with Crippen molar-refractivity contribution in [2.45, 2.75) is 86.7 Å². The standard InChI is InChI=1S/C49H79N17O9/c50-47(51)60-15-3-5-36-44(73)64-37(45(74)65-38(22-32-8-12-35(67)13-9-32)46(75)66-39(23-41(69)70)43(72)61-25-40(68)63-36)4-1-2-14-59-42(71)34-10-6-33(7-11-34)24-62-49-29-56-19-16-53-26-48(52,27-54-17-20-57-30-49)28-55-18-21-58-31-49/h6-13,36-39,53-58,62,67H,1-5,14-31,52H2,(H,59,71)(H,61,72)(H,63,68)(H,64,73)(H,65,74)(H,66,75)(H,69,70)(H4,50,51,60)/t36-,37-,38+,39-,48?,49?/m1/s1. The summed E-state index contributed by atoms with van der Waals surface area (Å²) in [5, 5.41) is 60.3. The Morgan fingerprint density at radius 1 is 0.627 bits per heavy atom. The van der Waals surface area contributed by atoms with Crippen LogP contribution in [0.3, 0.4) is 0 Å². The van der Waals surface area contributed by atoms with Gasteiger partial charge in [-0.05, 0) is 67.5 Å². The Balaban J connectivity index is 1.23. The summed E-state index contributed by atoms with van der Waals surface area (Å²) in [6.07, 6.45) is -0.0547. The molecule has 26 nitrogen and oxygen atoms in total. The first-order valence-electron chi connectivity index (χ1n) is 25.7. The largest absolute Gasteiger partial charge is 0.508 e. The highest BCUT2D eigenvalue weighted by Gasteiger charge is 2.34. The Kier molecular flexibility index (Phi) is 24.3. The molecule has 6 rings (SSSR count). The Labute approximate surface area is 437 Å². The monoisotopic (exact) mass is 1050 g/mol. The Hall–Kier alpha value is -6.52. The number of amides is 6. The number of aliphatic carboxylic acids is 1. The molecular weight excluding hydrogens is 971 g/mol. The number of hydrogen-bond acceptors (Lipinski definition) is 17. The molecule has 21 N–H and O–H groups in total. The number of guanidine groups is 1. The molecule has 4 fully saturated rings. The average molecular weight is 1050 g/mol. The van der Waals surface area contributed by atoms with Crippen LogP contribution in [0.4, 0.5) is 0 Å². The Bertz CT molecular complexity index is 2170. The zero-order valence-electron chi connectivity index (χ0n) is 42.6. The summed E-state index contributed by atoms with van der Waals surface area (Å²) in [4.78, 5) is 97.3. The van der Waals surface area contributed by atoms with Crippen molar-refractivity contribution in [2.24, 2.45) is 22.2 Å². The number of aliphatic imine (C=N–C) groups is 1. The molecule has 0 unspecified atom stereocenters. The summed E-state index contributed by atoms with van der Waals surface area (Å²) >= 11 is 0. The third kappa shape index (κ3) is 21.3. The summed E-state index contributed by atoms with van der Waals surface area (Å²) in [6.45, 7) is 9.03. The summed E-state index contributed by atoms with van der Waals surface area (Å²) < 4.78 is 0. The van der Waals surface area contributed by atoms with Gasteiger partial charge in [0.2, 0.25) is 29.5 Å². The van der Waals surface area contributed by atoms with Crippen LogP contribution < -0.4 is 86.3 Å². The number of phenolic OH excluding ortho intramolecular Hbond substituents is 1. The van der Waals surface area contributed by atoms with E-state index < -0.39 is 78.2 Å². The van der Waals surface area contributed by atoms with Crippen LogP contribution in [0.1, 0.15) is 60.0 Å². The van der Waals surface area contributed by atoms with Gasteiger partial charge in [0, 0.05) is 110 Å². The molecule has 0 spiro atoms. The summed E-state index contributed by atoms with van der Waals surface area (Å²) in [6, 6.07) is 7.62. The molecule has 4 atom stereocenters. The zero-order valence-corrected chi connectivity index (χ0v) is 42.6. The highest BCUT2D eigenvalue weighted by molar-refractivity contribution is 5.98. The van der Waals surface area contributed by atoms with Crippen LogP contribution in [-0.2, 0) is 41.7 Å². The fourth-order valence-electron chi connectivity index (χ4n) is 8.78. The molecule has 2 aromatic rings. The van der Waals surface area contributed by atoms with Gasteiger partial charge in [-0.1, -0.05) is 24.3 Å². The molecule has 0 saturated carbocycles. The van der Waals surface area contributed by atoms with Crippen LogP contribution in [0.25, 0.3) is 0 Å². The number of nitrogens with one attached hydrogen (secondary N) is 13. The summed E-state index contributed by atoms with van der Waals surface area (Å²) in [5.41, 5.74) is 18.9. The van der Waals surface area contributed by atoms with Gasteiger partial charge in [-0.2, -0.15) is 0 Å². The number of aromatic hydroxyl groups is 1. The number of hydrogen-bond donors (Lipinski definition) is 18. The Morgan fingerprint density at radius 2 is 1.13 bits per heavy atom. The van der Waals surface area contributed by atoms with Crippen molar-refractivity contribution in [3.05, 3.63) is 65.2 Å². The van der Waals surface area contributed by atoms with Crippen LogP contribution in [0, 0.1) is 0 Å². The van der Waals surface area contributed by atoms with E-state index in [4.69, 9.17) is 17.2 Å². The molecule has 26 heteroatoms. The Morgan fingerprint density at radius 3 is 1.71 bits per heavy atom. The maximum atomic E-state index is 14.2. The van der Waals surface area contributed by atoms with Gasteiger partial charge < -0.3 is 96.5 Å². The van der Waals surface area contributed by atoms with Gasteiger partial charge in [0.15, 0.2) is 5.96 Å². The van der Waals surface area contributed by atoms with E-state index in [0.29, 0.717) is 69.8 Å².